The van der Waals surface area contributed by atoms with Crippen molar-refractivity contribution >= 4 is 17.1 Å². The van der Waals surface area contributed by atoms with Crippen molar-refractivity contribution in [3.05, 3.63) is 431 Å². The molecule has 0 spiro atoms. The van der Waals surface area contributed by atoms with Gasteiger partial charge in [-0.2, -0.15) is 172 Å². The van der Waals surface area contributed by atoms with E-state index in [2.05, 4.69) is 107 Å². The van der Waals surface area contributed by atoms with E-state index in [0.717, 1.165) is 80.4 Å². The van der Waals surface area contributed by atoms with Gasteiger partial charge in [-0.1, -0.05) is 152 Å². The molecule has 11 aromatic carbocycles. The van der Waals surface area contributed by atoms with E-state index in [1.165, 1.54) is 11.1 Å². The Morgan fingerprint density at radius 1 is 0.360 bits per heavy atom. The van der Waals surface area contributed by atoms with Crippen LogP contribution in [0.15, 0.2) is 327 Å². The summed E-state index contributed by atoms with van der Waals surface area (Å²) in [6.07, 6.45) is 1.89. The van der Waals surface area contributed by atoms with E-state index in [-0.39, 0.29) is 58.6 Å². The van der Waals surface area contributed by atoms with Gasteiger partial charge in [0.05, 0.1) is 14.2 Å². The average molecular weight is 1330 g/mol. The molecule has 11 aromatic rings. The summed E-state index contributed by atoms with van der Waals surface area (Å²) in [5.74, 6) is 1.60. The van der Waals surface area contributed by atoms with Gasteiger partial charge in [0.1, 0.15) is 17.2 Å². The molecule has 0 aromatic heterocycles. The number of ether oxygens (including phenoxy) is 2. The summed E-state index contributed by atoms with van der Waals surface area (Å²) >= 11 is 0. The minimum absolute atomic E-state index is 0. The molecular formula is C82H86N3O2Zr2-5. The first-order valence-electron chi connectivity index (χ1n) is 28.7. The SMILES string of the molecule is COc1ccccc1N=C(C)CCc1ccccc1.COc1ccccc1[N-]C(C)[N-]Cc1ccccc1.[CH2-]c1ccccc1.[CH2-]c1ccccc1.[CH2-]c1ccccc1.[CH2-]c1ccccc1.[CH2-]c1ccccc1.[CH2-]c1ccccc1.[CH2-]c1ccccc1.[Zr+4].[Zr]. The predicted molar refractivity (Wildman–Crippen MR) is 376 cm³/mol. The molecule has 0 aliphatic rings. The number of para-hydroxylation sites is 4. The molecule has 0 aliphatic heterocycles. The molecule has 1 unspecified atom stereocenters. The van der Waals surface area contributed by atoms with Crippen molar-refractivity contribution in [2.45, 2.75) is 39.4 Å². The van der Waals surface area contributed by atoms with Gasteiger partial charge in [-0.15, -0.1) is 91.5 Å². The quantitative estimate of drug-likeness (QED) is 0.0957. The summed E-state index contributed by atoms with van der Waals surface area (Å²) in [6.45, 7) is 30.8. The predicted octanol–water partition coefficient (Wildman–Crippen LogP) is 22.1. The molecule has 0 saturated heterocycles. The summed E-state index contributed by atoms with van der Waals surface area (Å²) in [4.78, 5) is 4.64. The summed E-state index contributed by atoms with van der Waals surface area (Å²) in [5.41, 5.74) is 12.9. The van der Waals surface area contributed by atoms with E-state index in [1.54, 1.807) is 14.2 Å². The maximum absolute atomic E-state index is 5.30. The molecule has 11 rings (SSSR count). The van der Waals surface area contributed by atoms with Gasteiger partial charge in [0.15, 0.2) is 0 Å². The zero-order valence-electron chi connectivity index (χ0n) is 52.4. The minimum Gasteiger partial charge on any atom is -0.696 e. The Kier molecular flexibility index (Phi) is 45.2. The van der Waals surface area contributed by atoms with Gasteiger partial charge in [-0.3, -0.25) is 4.99 Å². The van der Waals surface area contributed by atoms with Crippen LogP contribution in [0.5, 0.6) is 11.5 Å². The Morgan fingerprint density at radius 2 is 0.618 bits per heavy atom. The molecule has 454 valence electrons. The van der Waals surface area contributed by atoms with E-state index >= 15 is 0 Å². The molecule has 7 heteroatoms. The van der Waals surface area contributed by atoms with Crippen LogP contribution in [0.4, 0.5) is 11.4 Å². The van der Waals surface area contributed by atoms with E-state index in [4.69, 9.17) is 9.47 Å². The van der Waals surface area contributed by atoms with Crippen LogP contribution in [-0.4, -0.2) is 26.1 Å². The Labute approximate surface area is 575 Å². The van der Waals surface area contributed by atoms with Crippen LogP contribution < -0.4 is 9.47 Å². The molecule has 0 heterocycles. The number of aryl methyl sites for hydroxylation is 1. The smallest absolute Gasteiger partial charge is 0.696 e. The van der Waals surface area contributed by atoms with Crippen LogP contribution in [0.25, 0.3) is 10.6 Å². The first kappa shape index (κ1) is 78.3. The van der Waals surface area contributed by atoms with Crippen molar-refractivity contribution in [2.75, 3.05) is 14.2 Å². The van der Waals surface area contributed by atoms with Gasteiger partial charge < -0.3 is 20.1 Å². The van der Waals surface area contributed by atoms with Crippen LogP contribution in [0, 0.1) is 48.5 Å². The van der Waals surface area contributed by atoms with Crippen LogP contribution in [0.1, 0.15) is 70.3 Å². The van der Waals surface area contributed by atoms with Crippen LogP contribution >= 0.6 is 0 Å². The third-order valence-electron chi connectivity index (χ3n) is 11.7. The number of methoxy groups -OCH3 is 2. The maximum Gasteiger partial charge on any atom is 4.00 e. The zero-order chi connectivity index (χ0) is 62.8. The molecule has 0 fully saturated rings. The first-order chi connectivity index (χ1) is 42.3. The monoisotopic (exact) mass is 1320 g/mol. The zero-order valence-corrected chi connectivity index (χ0v) is 57.3. The summed E-state index contributed by atoms with van der Waals surface area (Å²) in [6, 6.07) is 105. The van der Waals surface area contributed by atoms with Gasteiger partial charge in [-0.05, 0) is 43.5 Å². The van der Waals surface area contributed by atoms with E-state index in [1.807, 2.05) is 292 Å². The molecule has 0 saturated carbocycles. The Morgan fingerprint density at radius 3 is 0.910 bits per heavy atom. The second-order valence-electron chi connectivity index (χ2n) is 19.2. The standard InChI is InChI=1S/C17H19NO.C16H18N2O.7C7H7.2Zr/c1-14(12-13-15-8-4-3-5-9-15)18-16-10-6-7-11-17(16)19-2;1-13(17-12-14-8-4-3-5-9-14)18-15-10-6-7-11-16(15)19-2;7*1-7-5-3-2-4-6-7;;/h3-11H,12-13H2,1-2H3;3-11,13H,12H2,1-2H3;7*2-6H,1H2;;/q;-2;7*-1;;+4. The number of hydrogen-bond acceptors (Lipinski definition) is 3. The third-order valence-corrected chi connectivity index (χ3v) is 11.7. The van der Waals surface area contributed by atoms with Crippen molar-refractivity contribution in [3.63, 3.8) is 0 Å². The van der Waals surface area contributed by atoms with Crippen molar-refractivity contribution in [2.24, 2.45) is 4.99 Å². The summed E-state index contributed by atoms with van der Waals surface area (Å²) in [7, 11) is 3.33. The van der Waals surface area contributed by atoms with Gasteiger partial charge in [-0.25, -0.2) is 6.17 Å². The second-order valence-corrected chi connectivity index (χ2v) is 19.2. The fraction of sp³-hybridized carbons (Fsp3) is 0.0976. The van der Waals surface area contributed by atoms with Crippen LogP contribution in [0.2, 0.25) is 0 Å². The number of nitrogens with zero attached hydrogens (tertiary/aromatic N) is 3. The second kappa shape index (κ2) is 51.4. The topological polar surface area (TPSA) is 59.0 Å². The average Bonchev–Trinajstić information content (AvgIpc) is 3.61. The van der Waals surface area contributed by atoms with Crippen LogP contribution in [-0.2, 0) is 65.4 Å². The molecule has 0 bridgehead atoms. The van der Waals surface area contributed by atoms with Crippen LogP contribution in [0.3, 0.4) is 0 Å². The van der Waals surface area contributed by atoms with Gasteiger partial charge in [0.25, 0.3) is 0 Å². The van der Waals surface area contributed by atoms with E-state index in [9.17, 15) is 0 Å². The number of hydrogen-bond donors (Lipinski definition) is 0. The Balaban J connectivity index is 0.000000520. The molecule has 89 heavy (non-hydrogen) atoms. The summed E-state index contributed by atoms with van der Waals surface area (Å²) in [5, 5.41) is 9.10. The Bertz CT molecular complexity index is 3000. The first-order valence-corrected chi connectivity index (χ1v) is 28.7. The number of benzene rings is 11. The molecule has 0 radical (unpaired) electrons. The van der Waals surface area contributed by atoms with Gasteiger partial charge in [0.2, 0.25) is 0 Å². The number of rotatable bonds is 11. The molecule has 0 N–H and O–H groups in total. The number of aliphatic imine (C=N–C) groups is 1. The molecule has 1 atom stereocenters. The molecular weight excluding hydrogens is 1240 g/mol. The maximum atomic E-state index is 5.30. The van der Waals surface area contributed by atoms with Crippen molar-refractivity contribution in [1.82, 2.24) is 0 Å². The largest absolute Gasteiger partial charge is 4.00 e. The molecule has 0 aliphatic carbocycles. The fourth-order valence-corrected chi connectivity index (χ4v) is 7.10. The fourth-order valence-electron chi connectivity index (χ4n) is 7.10. The van der Waals surface area contributed by atoms with E-state index in [0.29, 0.717) is 6.54 Å². The minimum atomic E-state index is -0.0866. The van der Waals surface area contributed by atoms with Crippen molar-refractivity contribution in [3.8, 4) is 11.5 Å². The third kappa shape index (κ3) is 41.2. The Hall–Kier alpha value is -8.69. The van der Waals surface area contributed by atoms with Crippen molar-refractivity contribution in [1.29, 1.82) is 0 Å². The normalized spacial score (nSPS) is 9.69. The molecule has 0 amide bonds. The molecule has 5 nitrogen and oxygen atoms in total. The van der Waals surface area contributed by atoms with Gasteiger partial charge >= 0.3 is 26.2 Å². The van der Waals surface area contributed by atoms with Crippen molar-refractivity contribution < 1.29 is 61.9 Å². The summed E-state index contributed by atoms with van der Waals surface area (Å²) < 4.78 is 10.6. The van der Waals surface area contributed by atoms with E-state index < -0.39 is 0 Å². The van der Waals surface area contributed by atoms with Gasteiger partial charge in [0, 0.05) is 31.9 Å².